The molecule has 0 amide bonds. The third kappa shape index (κ3) is 2.28. The van der Waals surface area contributed by atoms with Crippen molar-refractivity contribution < 1.29 is 4.21 Å². The summed E-state index contributed by atoms with van der Waals surface area (Å²) in [6.07, 6.45) is 3.54. The lowest BCUT2D eigenvalue weighted by atomic mass is 10.2. The predicted octanol–water partition coefficient (Wildman–Crippen LogP) is 1.49. The van der Waals surface area contributed by atoms with Crippen LogP contribution in [0.5, 0.6) is 0 Å². The van der Waals surface area contributed by atoms with E-state index in [1.165, 1.54) is 0 Å². The normalized spacial score (nSPS) is 18.9. The first-order valence-electron chi connectivity index (χ1n) is 6.18. The van der Waals surface area contributed by atoms with E-state index < -0.39 is 10.8 Å². The van der Waals surface area contributed by atoms with Crippen LogP contribution in [0.25, 0.3) is 11.0 Å². The molecule has 1 aliphatic rings. The Morgan fingerprint density at radius 2 is 1.89 bits per heavy atom. The van der Waals surface area contributed by atoms with Crippen molar-refractivity contribution in [2.45, 2.75) is 23.1 Å². The van der Waals surface area contributed by atoms with Gasteiger partial charge < -0.3 is 5.32 Å². The van der Waals surface area contributed by atoms with Gasteiger partial charge >= 0.3 is 0 Å². The smallest absolute Gasteiger partial charge is 0.146 e. The summed E-state index contributed by atoms with van der Waals surface area (Å²) in [4.78, 5) is 8.79. The van der Waals surface area contributed by atoms with Crippen molar-refractivity contribution in [3.63, 3.8) is 0 Å². The van der Waals surface area contributed by atoms with Gasteiger partial charge in [0.15, 0.2) is 0 Å². The van der Waals surface area contributed by atoms with E-state index in [9.17, 15) is 4.21 Å². The molecule has 3 rings (SSSR count). The van der Waals surface area contributed by atoms with Gasteiger partial charge in [-0.2, -0.15) is 0 Å². The van der Waals surface area contributed by atoms with E-state index >= 15 is 0 Å². The number of hydrogen-bond acceptors (Lipinski definition) is 4. The van der Waals surface area contributed by atoms with Crippen molar-refractivity contribution in [1.29, 1.82) is 0 Å². The van der Waals surface area contributed by atoms with E-state index in [1.54, 1.807) is 6.20 Å². The number of fused-ring (bicyclic) bond motifs is 1. The molecule has 0 aliphatic carbocycles. The highest BCUT2D eigenvalue weighted by Crippen LogP contribution is 2.18. The molecule has 5 heteroatoms. The molecule has 1 aromatic carbocycles. The van der Waals surface area contributed by atoms with Gasteiger partial charge in [-0.05, 0) is 38.1 Å². The van der Waals surface area contributed by atoms with Crippen molar-refractivity contribution in [1.82, 2.24) is 15.3 Å². The van der Waals surface area contributed by atoms with E-state index in [2.05, 4.69) is 15.3 Å². The summed E-state index contributed by atoms with van der Waals surface area (Å²) in [5.41, 5.74) is 1.67. The van der Waals surface area contributed by atoms with Crippen molar-refractivity contribution in [2.75, 3.05) is 13.1 Å². The Bertz CT molecular complexity index is 581. The molecule has 1 aromatic heterocycles. The van der Waals surface area contributed by atoms with Crippen molar-refractivity contribution in [3.05, 3.63) is 30.5 Å². The summed E-state index contributed by atoms with van der Waals surface area (Å²) in [6.45, 7) is 1.88. The molecule has 2 heterocycles. The van der Waals surface area contributed by atoms with Gasteiger partial charge in [-0.1, -0.05) is 12.1 Å². The second kappa shape index (κ2) is 5.12. The van der Waals surface area contributed by atoms with Gasteiger partial charge in [0.05, 0.1) is 28.0 Å². The van der Waals surface area contributed by atoms with Crippen LogP contribution in [0.3, 0.4) is 0 Å². The number of hydrogen-bond donors (Lipinski definition) is 1. The molecule has 1 atom stereocenters. The van der Waals surface area contributed by atoms with Gasteiger partial charge in [0.2, 0.25) is 0 Å². The molecule has 4 nitrogen and oxygen atoms in total. The van der Waals surface area contributed by atoms with Crippen LogP contribution in [0.1, 0.15) is 12.8 Å². The minimum Gasteiger partial charge on any atom is -0.317 e. The number of nitrogens with zero attached hydrogens (tertiary/aromatic N) is 2. The summed E-state index contributed by atoms with van der Waals surface area (Å²) >= 11 is 0. The Labute approximate surface area is 108 Å². The Kier molecular flexibility index (Phi) is 3.34. The first-order chi connectivity index (χ1) is 8.84. The van der Waals surface area contributed by atoms with E-state index in [1.807, 2.05) is 24.3 Å². The van der Waals surface area contributed by atoms with Crippen LogP contribution in [-0.2, 0) is 10.8 Å². The average molecular weight is 261 g/mol. The molecular weight excluding hydrogens is 246 g/mol. The highest BCUT2D eigenvalue weighted by Gasteiger charge is 2.22. The molecule has 0 saturated carbocycles. The fourth-order valence-electron chi connectivity index (χ4n) is 2.22. The lowest BCUT2D eigenvalue weighted by Crippen LogP contribution is -2.33. The van der Waals surface area contributed by atoms with Crippen LogP contribution in [0.2, 0.25) is 0 Å². The number of piperidine rings is 1. The molecule has 2 aromatic rings. The molecule has 0 spiro atoms. The third-order valence-corrected chi connectivity index (χ3v) is 4.91. The van der Waals surface area contributed by atoms with Crippen molar-refractivity contribution >= 4 is 21.8 Å². The van der Waals surface area contributed by atoms with Crippen LogP contribution in [-0.4, -0.2) is 32.5 Å². The predicted molar refractivity (Wildman–Crippen MR) is 71.8 cm³/mol. The number of aromatic nitrogens is 2. The Hall–Kier alpha value is -1.33. The van der Waals surface area contributed by atoms with Crippen molar-refractivity contribution in [2.24, 2.45) is 0 Å². The largest absolute Gasteiger partial charge is 0.317 e. The molecular formula is C13H15N3OS. The Morgan fingerprint density at radius 1 is 1.17 bits per heavy atom. The molecule has 1 saturated heterocycles. The maximum absolute atomic E-state index is 12.4. The van der Waals surface area contributed by atoms with E-state index in [0.29, 0.717) is 5.03 Å². The first kappa shape index (κ1) is 11.7. The Balaban J connectivity index is 1.91. The highest BCUT2D eigenvalue weighted by molar-refractivity contribution is 7.85. The van der Waals surface area contributed by atoms with Gasteiger partial charge in [0, 0.05) is 5.25 Å². The summed E-state index contributed by atoms with van der Waals surface area (Å²) in [7, 11) is -1.04. The lowest BCUT2D eigenvalue weighted by molar-refractivity contribution is 0.519. The fourth-order valence-corrected chi connectivity index (χ4v) is 3.57. The monoisotopic (exact) mass is 261 g/mol. The van der Waals surface area contributed by atoms with Gasteiger partial charge in [-0.25, -0.2) is 4.98 Å². The summed E-state index contributed by atoms with van der Waals surface area (Å²) in [6, 6.07) is 7.68. The standard InChI is InChI=1S/C13H15N3OS/c17-18(10-5-7-14-8-6-10)13-9-15-11-3-1-2-4-12(11)16-13/h1-4,9-10,14H,5-8H2. The van der Waals surface area contributed by atoms with Gasteiger partial charge in [-0.3, -0.25) is 9.19 Å². The molecule has 94 valence electrons. The van der Waals surface area contributed by atoms with Crippen LogP contribution in [0.15, 0.2) is 35.5 Å². The molecule has 18 heavy (non-hydrogen) atoms. The number of para-hydroxylation sites is 2. The van der Waals surface area contributed by atoms with Gasteiger partial charge in [0.25, 0.3) is 0 Å². The zero-order valence-corrected chi connectivity index (χ0v) is 10.8. The molecule has 0 radical (unpaired) electrons. The minimum atomic E-state index is -1.04. The number of rotatable bonds is 2. The number of benzene rings is 1. The second-order valence-corrected chi connectivity index (χ2v) is 6.12. The molecule has 1 fully saturated rings. The van der Waals surface area contributed by atoms with Crippen molar-refractivity contribution in [3.8, 4) is 0 Å². The topological polar surface area (TPSA) is 54.9 Å². The maximum Gasteiger partial charge on any atom is 0.146 e. The van der Waals surface area contributed by atoms with E-state index in [0.717, 1.165) is 37.0 Å². The Morgan fingerprint density at radius 3 is 2.67 bits per heavy atom. The summed E-state index contributed by atoms with van der Waals surface area (Å²) < 4.78 is 12.4. The lowest BCUT2D eigenvalue weighted by Gasteiger charge is -2.21. The van der Waals surface area contributed by atoms with Crippen LogP contribution >= 0.6 is 0 Å². The summed E-state index contributed by atoms with van der Waals surface area (Å²) in [5.74, 6) is 0. The zero-order valence-electron chi connectivity index (χ0n) is 10.0. The first-order valence-corrected chi connectivity index (χ1v) is 7.39. The molecule has 1 aliphatic heterocycles. The SMILES string of the molecule is O=S(c1cnc2ccccc2n1)C1CCNCC1. The fraction of sp³-hybridized carbons (Fsp3) is 0.385. The minimum absolute atomic E-state index is 0.210. The zero-order chi connectivity index (χ0) is 12.4. The highest BCUT2D eigenvalue weighted by atomic mass is 32.2. The van der Waals surface area contributed by atoms with E-state index in [-0.39, 0.29) is 5.25 Å². The van der Waals surface area contributed by atoms with Gasteiger partial charge in [0.1, 0.15) is 5.03 Å². The maximum atomic E-state index is 12.4. The average Bonchev–Trinajstić information content (AvgIpc) is 2.47. The molecule has 1 unspecified atom stereocenters. The van der Waals surface area contributed by atoms with Crippen LogP contribution in [0.4, 0.5) is 0 Å². The quantitative estimate of drug-likeness (QED) is 0.890. The third-order valence-electron chi connectivity index (χ3n) is 3.22. The molecule has 1 N–H and O–H groups in total. The summed E-state index contributed by atoms with van der Waals surface area (Å²) in [5, 5.41) is 4.10. The van der Waals surface area contributed by atoms with E-state index in [4.69, 9.17) is 0 Å². The molecule has 0 bridgehead atoms. The van der Waals surface area contributed by atoms with Gasteiger partial charge in [-0.15, -0.1) is 0 Å². The van der Waals surface area contributed by atoms with Crippen LogP contribution in [0, 0.1) is 0 Å². The second-order valence-electron chi connectivity index (χ2n) is 4.44. The number of nitrogens with one attached hydrogen (secondary N) is 1. The van der Waals surface area contributed by atoms with Crippen LogP contribution < -0.4 is 5.32 Å².